The molecule has 0 aliphatic carbocycles. The maximum Gasteiger partial charge on any atom is 0.205 e. The van der Waals surface area contributed by atoms with Gasteiger partial charge in [-0.2, -0.15) is 11.8 Å². The molecular formula is C11H26N4S. The normalized spacial score (nSPS) is 11.6. The zero-order chi connectivity index (χ0) is 12.1. The average molecular weight is 246 g/mol. The first-order chi connectivity index (χ1) is 7.85. The van der Waals surface area contributed by atoms with E-state index < -0.39 is 0 Å². The number of aliphatic imine (C=N–C) groups is 1. The molecule has 0 amide bonds. The summed E-state index contributed by atoms with van der Waals surface area (Å²) in [5.74, 6) is 7.34. The molecule has 0 rings (SSSR count). The summed E-state index contributed by atoms with van der Waals surface area (Å²) in [7, 11) is 0. The van der Waals surface area contributed by atoms with Crippen molar-refractivity contribution < 1.29 is 0 Å². The number of nitrogens with zero attached hydrogens (tertiary/aromatic N) is 1. The number of rotatable bonds is 9. The van der Waals surface area contributed by atoms with E-state index >= 15 is 0 Å². The van der Waals surface area contributed by atoms with Crippen molar-refractivity contribution in [3.63, 3.8) is 0 Å². The van der Waals surface area contributed by atoms with E-state index in [0.29, 0.717) is 0 Å². The van der Waals surface area contributed by atoms with E-state index in [2.05, 4.69) is 28.9 Å². The Labute approximate surface area is 104 Å². The Bertz CT molecular complexity index is 173. The topological polar surface area (TPSA) is 62.4 Å². The van der Waals surface area contributed by atoms with Crippen LogP contribution in [0.5, 0.6) is 0 Å². The molecular weight excluding hydrogens is 220 g/mol. The highest BCUT2D eigenvalue weighted by molar-refractivity contribution is 7.98. The molecule has 0 aliphatic heterocycles. The van der Waals surface area contributed by atoms with Gasteiger partial charge in [0.1, 0.15) is 0 Å². The van der Waals surface area contributed by atoms with Gasteiger partial charge in [-0.3, -0.25) is 10.4 Å². The van der Waals surface area contributed by atoms with Crippen LogP contribution >= 0.6 is 11.8 Å². The molecule has 0 radical (unpaired) electrons. The molecule has 5 heteroatoms. The van der Waals surface area contributed by atoms with Crippen LogP contribution in [0.1, 0.15) is 39.0 Å². The fourth-order valence-corrected chi connectivity index (χ4v) is 1.75. The lowest BCUT2D eigenvalue weighted by Gasteiger charge is -2.08. The van der Waals surface area contributed by atoms with Crippen LogP contribution in [0.15, 0.2) is 4.99 Å². The van der Waals surface area contributed by atoms with Crippen molar-refractivity contribution in [1.82, 2.24) is 10.7 Å². The van der Waals surface area contributed by atoms with E-state index in [1.54, 1.807) is 0 Å². The van der Waals surface area contributed by atoms with Crippen LogP contribution in [0, 0.1) is 0 Å². The van der Waals surface area contributed by atoms with Gasteiger partial charge < -0.3 is 5.32 Å². The average Bonchev–Trinajstić information content (AvgIpc) is 2.31. The minimum Gasteiger partial charge on any atom is -0.355 e. The largest absolute Gasteiger partial charge is 0.355 e. The van der Waals surface area contributed by atoms with E-state index in [4.69, 9.17) is 5.84 Å². The highest BCUT2D eigenvalue weighted by Crippen LogP contribution is 2.01. The minimum absolute atomic E-state index is 0.721. The Balaban J connectivity index is 3.47. The highest BCUT2D eigenvalue weighted by Gasteiger charge is 1.94. The maximum absolute atomic E-state index is 5.37. The number of hydrogen-bond acceptors (Lipinski definition) is 3. The first-order valence-electron chi connectivity index (χ1n) is 6.09. The van der Waals surface area contributed by atoms with Crippen molar-refractivity contribution in [2.75, 3.05) is 25.1 Å². The summed E-state index contributed by atoms with van der Waals surface area (Å²) in [5, 5.41) is 3.18. The molecule has 0 spiro atoms. The molecule has 0 fully saturated rings. The van der Waals surface area contributed by atoms with Crippen molar-refractivity contribution >= 4 is 17.7 Å². The molecule has 4 nitrogen and oxygen atoms in total. The molecule has 0 heterocycles. The van der Waals surface area contributed by atoms with E-state index in [0.717, 1.165) is 31.9 Å². The van der Waals surface area contributed by atoms with E-state index in [9.17, 15) is 0 Å². The monoisotopic (exact) mass is 246 g/mol. The molecule has 0 bridgehead atoms. The smallest absolute Gasteiger partial charge is 0.205 e. The Morgan fingerprint density at radius 1 is 1.25 bits per heavy atom. The molecule has 0 aromatic carbocycles. The van der Waals surface area contributed by atoms with Gasteiger partial charge in [0.2, 0.25) is 5.96 Å². The highest BCUT2D eigenvalue weighted by atomic mass is 32.2. The summed E-state index contributed by atoms with van der Waals surface area (Å²) < 4.78 is 0. The Kier molecular flexibility index (Phi) is 12.3. The molecule has 16 heavy (non-hydrogen) atoms. The summed E-state index contributed by atoms with van der Waals surface area (Å²) in [6.07, 6.45) is 8.14. The second kappa shape index (κ2) is 12.6. The number of hydrogen-bond donors (Lipinski definition) is 3. The van der Waals surface area contributed by atoms with Crippen LogP contribution in [-0.4, -0.2) is 31.1 Å². The Morgan fingerprint density at radius 3 is 2.69 bits per heavy atom. The third-order valence-electron chi connectivity index (χ3n) is 2.24. The molecule has 0 saturated heterocycles. The first kappa shape index (κ1) is 15.6. The van der Waals surface area contributed by atoms with E-state index in [1.807, 2.05) is 11.8 Å². The molecule has 96 valence electrons. The third-order valence-corrected chi connectivity index (χ3v) is 2.93. The quantitative estimate of drug-likeness (QED) is 0.191. The lowest BCUT2D eigenvalue weighted by Crippen LogP contribution is -2.42. The SMILES string of the molecule is CCCCNC(=NCCCCCSC)NN. The summed E-state index contributed by atoms with van der Waals surface area (Å²) in [4.78, 5) is 4.37. The van der Waals surface area contributed by atoms with Crippen LogP contribution in [0.3, 0.4) is 0 Å². The van der Waals surface area contributed by atoms with Crippen LogP contribution in [-0.2, 0) is 0 Å². The van der Waals surface area contributed by atoms with Gasteiger partial charge in [-0.25, -0.2) is 5.84 Å². The van der Waals surface area contributed by atoms with Gasteiger partial charge in [-0.15, -0.1) is 0 Å². The third kappa shape index (κ3) is 10.1. The van der Waals surface area contributed by atoms with Crippen molar-refractivity contribution in [3.8, 4) is 0 Å². The van der Waals surface area contributed by atoms with E-state index in [-0.39, 0.29) is 0 Å². The second-order valence-corrected chi connectivity index (χ2v) is 4.69. The van der Waals surface area contributed by atoms with Gasteiger partial charge >= 0.3 is 0 Å². The van der Waals surface area contributed by atoms with Crippen molar-refractivity contribution in [1.29, 1.82) is 0 Å². The molecule has 4 N–H and O–H groups in total. The zero-order valence-electron chi connectivity index (χ0n) is 10.6. The lowest BCUT2D eigenvalue weighted by molar-refractivity contribution is 0.708. The number of nitrogens with one attached hydrogen (secondary N) is 2. The van der Waals surface area contributed by atoms with Gasteiger partial charge in [0, 0.05) is 13.1 Å². The fourth-order valence-electron chi connectivity index (χ4n) is 1.26. The van der Waals surface area contributed by atoms with Crippen LogP contribution < -0.4 is 16.6 Å². The predicted octanol–water partition coefficient (Wildman–Crippen LogP) is 1.73. The van der Waals surface area contributed by atoms with Crippen molar-refractivity contribution in [2.24, 2.45) is 10.8 Å². The van der Waals surface area contributed by atoms with Gasteiger partial charge in [0.25, 0.3) is 0 Å². The summed E-state index contributed by atoms with van der Waals surface area (Å²) in [5.41, 5.74) is 2.60. The minimum atomic E-state index is 0.721. The number of unbranched alkanes of at least 4 members (excludes halogenated alkanes) is 3. The molecule has 0 unspecified atom stereocenters. The second-order valence-electron chi connectivity index (χ2n) is 3.71. The number of guanidine groups is 1. The van der Waals surface area contributed by atoms with Crippen LogP contribution in [0.25, 0.3) is 0 Å². The van der Waals surface area contributed by atoms with Gasteiger partial charge in [-0.05, 0) is 31.3 Å². The van der Waals surface area contributed by atoms with Crippen LogP contribution in [0.4, 0.5) is 0 Å². The zero-order valence-corrected chi connectivity index (χ0v) is 11.4. The van der Waals surface area contributed by atoms with Crippen molar-refractivity contribution in [2.45, 2.75) is 39.0 Å². The van der Waals surface area contributed by atoms with Gasteiger partial charge in [0.05, 0.1) is 0 Å². The lowest BCUT2D eigenvalue weighted by atomic mass is 10.2. The maximum atomic E-state index is 5.37. The first-order valence-corrected chi connectivity index (χ1v) is 7.48. The predicted molar refractivity (Wildman–Crippen MR) is 74.8 cm³/mol. The Morgan fingerprint density at radius 2 is 2.06 bits per heavy atom. The summed E-state index contributed by atoms with van der Waals surface area (Å²) in [6.45, 7) is 3.96. The van der Waals surface area contributed by atoms with E-state index in [1.165, 1.54) is 25.0 Å². The van der Waals surface area contributed by atoms with Crippen molar-refractivity contribution in [3.05, 3.63) is 0 Å². The standard InChI is InChI=1S/C11H26N4S/c1-3-4-8-13-11(15-12)14-9-6-5-7-10-16-2/h3-10,12H2,1-2H3,(H2,13,14,15). The molecule has 0 saturated carbocycles. The number of nitrogens with two attached hydrogens (primary N) is 1. The Hall–Kier alpha value is -0.420. The number of thioether (sulfide) groups is 1. The number of hydrazine groups is 1. The fraction of sp³-hybridized carbons (Fsp3) is 0.909. The molecule has 0 atom stereocenters. The van der Waals surface area contributed by atoms with Gasteiger partial charge in [-0.1, -0.05) is 19.8 Å². The van der Waals surface area contributed by atoms with Gasteiger partial charge in [0.15, 0.2) is 0 Å². The van der Waals surface area contributed by atoms with Crippen LogP contribution in [0.2, 0.25) is 0 Å². The summed E-state index contributed by atoms with van der Waals surface area (Å²) in [6, 6.07) is 0. The molecule has 0 aliphatic rings. The molecule has 0 aromatic heterocycles. The summed E-state index contributed by atoms with van der Waals surface area (Å²) >= 11 is 1.90. The molecule has 0 aromatic rings.